The Balaban J connectivity index is 1.57. The fourth-order valence-electron chi connectivity index (χ4n) is 3.73. The number of halogens is 1. The lowest BCUT2D eigenvalue weighted by molar-refractivity contribution is -0.130. The quantitative estimate of drug-likeness (QED) is 0.606. The molecule has 4 aromatic heterocycles. The molecule has 1 aliphatic rings. The van der Waals surface area contributed by atoms with Crippen molar-refractivity contribution in [2.24, 2.45) is 0 Å². The van der Waals surface area contributed by atoms with Gasteiger partial charge in [-0.2, -0.15) is 0 Å². The van der Waals surface area contributed by atoms with E-state index in [4.69, 9.17) is 0 Å². The topological polar surface area (TPSA) is 79.7 Å². The SMILES string of the molecule is O=C(Cn1ccc2c(-c3c[nH]c4ncc(F)cc34)ncnc21)N1CCCC1. The van der Waals surface area contributed by atoms with E-state index in [0.717, 1.165) is 36.9 Å². The Labute approximate surface area is 153 Å². The zero-order valence-corrected chi connectivity index (χ0v) is 14.5. The highest BCUT2D eigenvalue weighted by molar-refractivity contribution is 6.01. The highest BCUT2D eigenvalue weighted by Gasteiger charge is 2.20. The van der Waals surface area contributed by atoms with Gasteiger partial charge in [0, 0.05) is 41.8 Å². The molecule has 0 aromatic carbocycles. The summed E-state index contributed by atoms with van der Waals surface area (Å²) in [5, 5.41) is 1.48. The van der Waals surface area contributed by atoms with Crippen LogP contribution in [0.3, 0.4) is 0 Å². The normalized spacial score (nSPS) is 14.5. The molecular formula is C19H17FN6O. The van der Waals surface area contributed by atoms with Gasteiger partial charge < -0.3 is 14.5 Å². The summed E-state index contributed by atoms with van der Waals surface area (Å²) >= 11 is 0. The van der Waals surface area contributed by atoms with Gasteiger partial charge in [-0.1, -0.05) is 0 Å². The van der Waals surface area contributed by atoms with Gasteiger partial charge in [-0.05, 0) is 25.0 Å². The van der Waals surface area contributed by atoms with Crippen LogP contribution in [0.2, 0.25) is 0 Å². The molecule has 5 rings (SSSR count). The molecule has 7 nitrogen and oxygen atoms in total. The third-order valence-electron chi connectivity index (χ3n) is 5.07. The van der Waals surface area contributed by atoms with Crippen LogP contribution in [0.4, 0.5) is 4.39 Å². The van der Waals surface area contributed by atoms with Crippen molar-refractivity contribution in [3.05, 3.63) is 42.9 Å². The van der Waals surface area contributed by atoms with Crippen LogP contribution in [0.1, 0.15) is 12.8 Å². The first kappa shape index (κ1) is 15.9. The highest BCUT2D eigenvalue weighted by atomic mass is 19.1. The van der Waals surface area contributed by atoms with Gasteiger partial charge in [-0.3, -0.25) is 4.79 Å². The van der Waals surface area contributed by atoms with Crippen LogP contribution in [0.15, 0.2) is 37.1 Å². The van der Waals surface area contributed by atoms with E-state index in [1.165, 1.54) is 18.6 Å². The molecule has 0 saturated carbocycles. The fourth-order valence-corrected chi connectivity index (χ4v) is 3.73. The van der Waals surface area contributed by atoms with Crippen LogP contribution in [0.25, 0.3) is 33.3 Å². The number of fused-ring (bicyclic) bond motifs is 2. The zero-order valence-electron chi connectivity index (χ0n) is 14.5. The molecule has 1 N–H and O–H groups in total. The molecule has 27 heavy (non-hydrogen) atoms. The lowest BCUT2D eigenvalue weighted by Crippen LogP contribution is -2.30. The Morgan fingerprint density at radius 3 is 2.89 bits per heavy atom. The molecule has 0 bridgehead atoms. The number of H-pyrrole nitrogens is 1. The number of aromatic nitrogens is 5. The van der Waals surface area contributed by atoms with E-state index in [2.05, 4.69) is 19.9 Å². The van der Waals surface area contributed by atoms with Gasteiger partial charge in [0.2, 0.25) is 5.91 Å². The van der Waals surface area contributed by atoms with Gasteiger partial charge >= 0.3 is 0 Å². The number of rotatable bonds is 3. The van der Waals surface area contributed by atoms with Crippen molar-refractivity contribution in [2.45, 2.75) is 19.4 Å². The summed E-state index contributed by atoms with van der Waals surface area (Å²) in [5.74, 6) is -0.300. The number of hydrogen-bond acceptors (Lipinski definition) is 4. The number of nitrogens with one attached hydrogen (secondary N) is 1. The smallest absolute Gasteiger partial charge is 0.242 e. The maximum absolute atomic E-state index is 13.7. The lowest BCUT2D eigenvalue weighted by atomic mass is 10.1. The number of carbonyl (C=O) groups excluding carboxylic acids is 1. The third kappa shape index (κ3) is 2.64. The molecular weight excluding hydrogens is 347 g/mol. The third-order valence-corrected chi connectivity index (χ3v) is 5.07. The van der Waals surface area contributed by atoms with E-state index in [0.29, 0.717) is 22.4 Å². The average molecular weight is 364 g/mol. The van der Waals surface area contributed by atoms with Gasteiger partial charge in [0.1, 0.15) is 30.0 Å². The first-order valence-corrected chi connectivity index (χ1v) is 8.91. The predicted octanol–water partition coefficient (Wildman–Crippen LogP) is 2.74. The van der Waals surface area contributed by atoms with Crippen LogP contribution >= 0.6 is 0 Å². The Morgan fingerprint density at radius 2 is 2.04 bits per heavy atom. The minimum Gasteiger partial charge on any atom is -0.345 e. The Bertz CT molecular complexity index is 1160. The first-order valence-electron chi connectivity index (χ1n) is 8.91. The van der Waals surface area contributed by atoms with Crippen LogP contribution in [-0.2, 0) is 11.3 Å². The second-order valence-electron chi connectivity index (χ2n) is 6.74. The van der Waals surface area contributed by atoms with E-state index >= 15 is 0 Å². The van der Waals surface area contributed by atoms with E-state index < -0.39 is 5.82 Å². The fraction of sp³-hybridized carbons (Fsp3) is 0.263. The molecule has 136 valence electrons. The summed E-state index contributed by atoms with van der Waals surface area (Å²) in [6.07, 6.45) is 8.40. The van der Waals surface area contributed by atoms with Gasteiger partial charge in [-0.15, -0.1) is 0 Å². The van der Waals surface area contributed by atoms with E-state index in [9.17, 15) is 9.18 Å². The van der Waals surface area contributed by atoms with E-state index in [1.54, 1.807) is 6.20 Å². The van der Waals surface area contributed by atoms with Crippen LogP contribution < -0.4 is 0 Å². The summed E-state index contributed by atoms with van der Waals surface area (Å²) in [6, 6.07) is 3.34. The molecule has 0 unspecified atom stereocenters. The van der Waals surface area contributed by atoms with Gasteiger partial charge in [0.05, 0.1) is 11.9 Å². The second-order valence-corrected chi connectivity index (χ2v) is 6.74. The van der Waals surface area contributed by atoms with Gasteiger partial charge in [-0.25, -0.2) is 19.3 Å². The minimum atomic E-state index is -0.401. The summed E-state index contributed by atoms with van der Waals surface area (Å²) in [7, 11) is 0. The van der Waals surface area contributed by atoms with Crippen molar-refractivity contribution < 1.29 is 9.18 Å². The number of nitrogens with zero attached hydrogens (tertiary/aromatic N) is 5. The van der Waals surface area contributed by atoms with Gasteiger partial charge in [0.25, 0.3) is 0 Å². The van der Waals surface area contributed by atoms with Crippen LogP contribution in [0.5, 0.6) is 0 Å². The van der Waals surface area contributed by atoms with Crippen LogP contribution in [-0.4, -0.2) is 48.4 Å². The van der Waals surface area contributed by atoms with Gasteiger partial charge in [0.15, 0.2) is 0 Å². The monoisotopic (exact) mass is 364 g/mol. The number of amides is 1. The molecule has 1 saturated heterocycles. The van der Waals surface area contributed by atoms with Crippen molar-refractivity contribution in [1.29, 1.82) is 0 Å². The zero-order chi connectivity index (χ0) is 18.4. The summed E-state index contributed by atoms with van der Waals surface area (Å²) in [6.45, 7) is 1.91. The largest absolute Gasteiger partial charge is 0.345 e. The van der Waals surface area contributed by atoms with Crippen molar-refractivity contribution in [1.82, 2.24) is 29.4 Å². The summed E-state index contributed by atoms with van der Waals surface area (Å²) < 4.78 is 15.5. The minimum absolute atomic E-state index is 0.100. The number of hydrogen-bond donors (Lipinski definition) is 1. The van der Waals surface area contributed by atoms with Crippen molar-refractivity contribution in [2.75, 3.05) is 13.1 Å². The van der Waals surface area contributed by atoms with Crippen LogP contribution in [0, 0.1) is 5.82 Å². The van der Waals surface area contributed by atoms with Crippen molar-refractivity contribution in [3.8, 4) is 11.3 Å². The Kier molecular flexibility index (Phi) is 3.63. The molecule has 8 heteroatoms. The number of likely N-dealkylation sites (tertiary alicyclic amines) is 1. The molecule has 1 fully saturated rings. The molecule has 0 spiro atoms. The van der Waals surface area contributed by atoms with Crippen molar-refractivity contribution >= 4 is 28.0 Å². The molecule has 0 atom stereocenters. The predicted molar refractivity (Wildman–Crippen MR) is 98.4 cm³/mol. The summed E-state index contributed by atoms with van der Waals surface area (Å²) in [5.41, 5.74) is 2.73. The molecule has 4 aromatic rings. The average Bonchev–Trinajstić information content (AvgIpc) is 3.41. The first-order chi connectivity index (χ1) is 13.2. The lowest BCUT2D eigenvalue weighted by Gasteiger charge is -2.15. The molecule has 1 amide bonds. The number of pyridine rings is 1. The maximum atomic E-state index is 13.7. The highest BCUT2D eigenvalue weighted by Crippen LogP contribution is 2.31. The molecule has 5 heterocycles. The Morgan fingerprint density at radius 1 is 1.19 bits per heavy atom. The standard InChI is InChI=1S/C19H17FN6O/c20-12-7-14-15(9-22-18(14)21-8-12)17-13-3-6-26(19(13)24-11-23-17)10-16(27)25-4-1-2-5-25/h3,6-9,11H,1-2,4-5,10H2,(H,21,22). The molecule has 1 aliphatic heterocycles. The number of carbonyl (C=O) groups is 1. The Hall–Kier alpha value is -3.29. The maximum Gasteiger partial charge on any atom is 0.242 e. The summed E-state index contributed by atoms with van der Waals surface area (Å²) in [4.78, 5) is 30.3. The molecule has 0 aliphatic carbocycles. The van der Waals surface area contributed by atoms with E-state index in [1.807, 2.05) is 21.7 Å². The number of aromatic amines is 1. The molecule has 0 radical (unpaired) electrons. The van der Waals surface area contributed by atoms with E-state index in [-0.39, 0.29) is 12.5 Å². The van der Waals surface area contributed by atoms with Crippen molar-refractivity contribution in [3.63, 3.8) is 0 Å². The second kappa shape index (κ2) is 6.15.